The van der Waals surface area contributed by atoms with Gasteiger partial charge in [-0.15, -0.1) is 0 Å². The van der Waals surface area contributed by atoms with Gasteiger partial charge in [-0.05, 0) is 44.0 Å². The highest BCUT2D eigenvalue weighted by Gasteiger charge is 2.15. The summed E-state index contributed by atoms with van der Waals surface area (Å²) in [6, 6.07) is 4.12. The number of hydrogen-bond acceptors (Lipinski definition) is 3. The normalized spacial score (nSPS) is 16.9. The minimum atomic E-state index is -0.365. The second kappa shape index (κ2) is 5.09. The van der Waals surface area contributed by atoms with Crippen LogP contribution in [-0.4, -0.2) is 22.6 Å². The molecule has 1 aliphatic rings. The van der Waals surface area contributed by atoms with Crippen LogP contribution in [0.15, 0.2) is 29.3 Å². The van der Waals surface area contributed by atoms with E-state index < -0.39 is 0 Å². The van der Waals surface area contributed by atoms with Gasteiger partial charge in [0.15, 0.2) is 0 Å². The molecule has 2 aromatic rings. The molecule has 2 heterocycles. The van der Waals surface area contributed by atoms with E-state index in [0.717, 1.165) is 25.9 Å². The number of hydrogen-bond donors (Lipinski definition) is 1. The maximum absolute atomic E-state index is 13.1. The van der Waals surface area contributed by atoms with Crippen molar-refractivity contribution in [1.29, 1.82) is 0 Å². The molecule has 1 aromatic heterocycles. The average molecular weight is 261 g/mol. The summed E-state index contributed by atoms with van der Waals surface area (Å²) in [7, 11) is 0. The fourth-order valence-corrected chi connectivity index (χ4v) is 2.60. The van der Waals surface area contributed by atoms with E-state index in [1.54, 1.807) is 4.57 Å². The number of aromatic nitrogens is 2. The molecule has 19 heavy (non-hydrogen) atoms. The Balaban J connectivity index is 1.93. The molecule has 0 radical (unpaired) electrons. The Morgan fingerprint density at radius 3 is 2.95 bits per heavy atom. The number of nitrogens with one attached hydrogen (secondary N) is 1. The molecule has 0 unspecified atom stereocenters. The molecule has 1 saturated heterocycles. The molecule has 1 aromatic carbocycles. The van der Waals surface area contributed by atoms with Crippen LogP contribution in [-0.2, 0) is 6.54 Å². The number of benzene rings is 1. The number of rotatable bonds is 2. The van der Waals surface area contributed by atoms with E-state index in [9.17, 15) is 9.18 Å². The van der Waals surface area contributed by atoms with Crippen molar-refractivity contribution in [2.24, 2.45) is 5.92 Å². The third-order valence-electron chi connectivity index (χ3n) is 3.70. The van der Waals surface area contributed by atoms with Gasteiger partial charge in [0.1, 0.15) is 5.82 Å². The summed E-state index contributed by atoms with van der Waals surface area (Å²) >= 11 is 0. The molecule has 5 heteroatoms. The van der Waals surface area contributed by atoms with E-state index in [-0.39, 0.29) is 11.4 Å². The van der Waals surface area contributed by atoms with Gasteiger partial charge in [0.2, 0.25) is 0 Å². The van der Waals surface area contributed by atoms with Crippen LogP contribution in [0.5, 0.6) is 0 Å². The molecule has 3 rings (SSSR count). The van der Waals surface area contributed by atoms with Crippen LogP contribution in [0.2, 0.25) is 0 Å². The molecule has 1 aliphatic heterocycles. The zero-order chi connectivity index (χ0) is 13.2. The maximum Gasteiger partial charge on any atom is 0.261 e. The van der Waals surface area contributed by atoms with Crippen molar-refractivity contribution in [1.82, 2.24) is 14.9 Å². The quantitative estimate of drug-likeness (QED) is 0.892. The van der Waals surface area contributed by atoms with E-state index in [0.29, 0.717) is 23.4 Å². The first kappa shape index (κ1) is 12.3. The second-order valence-corrected chi connectivity index (χ2v) is 5.06. The highest BCUT2D eigenvalue weighted by atomic mass is 19.1. The topological polar surface area (TPSA) is 46.9 Å². The van der Waals surface area contributed by atoms with E-state index in [4.69, 9.17) is 0 Å². The Labute approximate surface area is 110 Å². The summed E-state index contributed by atoms with van der Waals surface area (Å²) in [5, 5.41) is 3.79. The maximum atomic E-state index is 13.1. The highest BCUT2D eigenvalue weighted by Crippen LogP contribution is 2.14. The number of fused-ring (bicyclic) bond motifs is 1. The van der Waals surface area contributed by atoms with Crippen LogP contribution < -0.4 is 10.9 Å². The first-order valence-electron chi connectivity index (χ1n) is 6.59. The van der Waals surface area contributed by atoms with Gasteiger partial charge in [0, 0.05) is 12.6 Å². The molecule has 0 amide bonds. The molecular formula is C14H16FN3O. The molecule has 0 bridgehead atoms. The van der Waals surface area contributed by atoms with Gasteiger partial charge in [-0.3, -0.25) is 9.36 Å². The molecule has 0 spiro atoms. The van der Waals surface area contributed by atoms with Crippen molar-refractivity contribution in [2.75, 3.05) is 13.1 Å². The number of halogens is 1. The highest BCUT2D eigenvalue weighted by molar-refractivity contribution is 5.77. The predicted octanol–water partition coefficient (Wildman–Crippen LogP) is 1.54. The number of piperidine rings is 1. The van der Waals surface area contributed by atoms with E-state index in [2.05, 4.69) is 10.3 Å². The summed E-state index contributed by atoms with van der Waals surface area (Å²) in [6.45, 7) is 2.71. The lowest BCUT2D eigenvalue weighted by Gasteiger charge is -2.23. The van der Waals surface area contributed by atoms with Gasteiger partial charge in [0.05, 0.1) is 17.2 Å². The summed E-state index contributed by atoms with van der Waals surface area (Å²) in [6.07, 6.45) is 3.69. The monoisotopic (exact) mass is 261 g/mol. The molecule has 0 aliphatic carbocycles. The third kappa shape index (κ3) is 2.51. The van der Waals surface area contributed by atoms with Crippen LogP contribution in [0, 0.1) is 11.7 Å². The number of nitrogens with zero attached hydrogens (tertiary/aromatic N) is 2. The standard InChI is InChI=1S/C14H16FN3O/c15-11-1-2-12-13(7-11)17-9-18(14(12)19)8-10-3-5-16-6-4-10/h1-2,7,9-10,16H,3-6,8H2. The Morgan fingerprint density at radius 1 is 1.37 bits per heavy atom. The largest absolute Gasteiger partial charge is 0.317 e. The summed E-state index contributed by atoms with van der Waals surface area (Å²) in [5.41, 5.74) is 0.343. The third-order valence-corrected chi connectivity index (χ3v) is 3.70. The molecule has 100 valence electrons. The summed E-state index contributed by atoms with van der Waals surface area (Å²) < 4.78 is 14.7. The zero-order valence-electron chi connectivity index (χ0n) is 10.6. The van der Waals surface area contributed by atoms with Crippen LogP contribution >= 0.6 is 0 Å². The van der Waals surface area contributed by atoms with E-state index >= 15 is 0 Å². The lowest BCUT2D eigenvalue weighted by Crippen LogP contribution is -2.32. The van der Waals surface area contributed by atoms with Gasteiger partial charge in [0.25, 0.3) is 5.56 Å². The average Bonchev–Trinajstić information content (AvgIpc) is 2.43. The summed E-state index contributed by atoms with van der Waals surface area (Å²) in [4.78, 5) is 16.5. The van der Waals surface area contributed by atoms with Crippen molar-refractivity contribution >= 4 is 10.9 Å². The van der Waals surface area contributed by atoms with Crippen molar-refractivity contribution in [3.63, 3.8) is 0 Å². The molecule has 0 saturated carbocycles. The molecular weight excluding hydrogens is 245 g/mol. The smallest absolute Gasteiger partial charge is 0.261 e. The van der Waals surface area contributed by atoms with Crippen molar-refractivity contribution in [3.05, 3.63) is 40.7 Å². The molecule has 1 N–H and O–H groups in total. The molecule has 1 fully saturated rings. The Bertz CT molecular complexity index is 647. The predicted molar refractivity (Wildman–Crippen MR) is 71.6 cm³/mol. The van der Waals surface area contributed by atoms with Gasteiger partial charge in [-0.1, -0.05) is 0 Å². The summed E-state index contributed by atoms with van der Waals surface area (Å²) in [5.74, 6) is 0.147. The van der Waals surface area contributed by atoms with Gasteiger partial charge >= 0.3 is 0 Å². The van der Waals surface area contributed by atoms with Gasteiger partial charge in [-0.25, -0.2) is 9.37 Å². The second-order valence-electron chi connectivity index (χ2n) is 5.06. The van der Waals surface area contributed by atoms with Crippen molar-refractivity contribution in [3.8, 4) is 0 Å². The van der Waals surface area contributed by atoms with E-state index in [1.807, 2.05) is 0 Å². The Hall–Kier alpha value is -1.75. The van der Waals surface area contributed by atoms with Crippen LogP contribution in [0.1, 0.15) is 12.8 Å². The van der Waals surface area contributed by atoms with Gasteiger partial charge in [-0.2, -0.15) is 0 Å². The van der Waals surface area contributed by atoms with Crippen LogP contribution in [0.4, 0.5) is 4.39 Å². The van der Waals surface area contributed by atoms with Crippen molar-refractivity contribution in [2.45, 2.75) is 19.4 Å². The zero-order valence-corrected chi connectivity index (χ0v) is 10.6. The van der Waals surface area contributed by atoms with Gasteiger partial charge < -0.3 is 5.32 Å². The van der Waals surface area contributed by atoms with Crippen LogP contribution in [0.3, 0.4) is 0 Å². The Morgan fingerprint density at radius 2 is 2.16 bits per heavy atom. The first-order chi connectivity index (χ1) is 9.24. The fraction of sp³-hybridized carbons (Fsp3) is 0.429. The lowest BCUT2D eigenvalue weighted by atomic mass is 9.98. The molecule has 0 atom stereocenters. The van der Waals surface area contributed by atoms with Crippen LogP contribution in [0.25, 0.3) is 10.9 Å². The van der Waals surface area contributed by atoms with Crippen molar-refractivity contribution < 1.29 is 4.39 Å². The SMILES string of the molecule is O=c1c2ccc(F)cc2ncn1CC1CCNCC1. The fourth-order valence-electron chi connectivity index (χ4n) is 2.60. The molecule has 4 nitrogen and oxygen atoms in total. The first-order valence-corrected chi connectivity index (χ1v) is 6.59. The Kier molecular flexibility index (Phi) is 3.29. The minimum Gasteiger partial charge on any atom is -0.317 e. The minimum absolute atomic E-state index is 0.0801. The van der Waals surface area contributed by atoms with E-state index in [1.165, 1.54) is 24.5 Å². The lowest BCUT2D eigenvalue weighted by molar-refractivity contribution is 0.329.